The first-order valence-electron chi connectivity index (χ1n) is 3.52. The molecule has 0 radical (unpaired) electrons. The van der Waals surface area contributed by atoms with Crippen LogP contribution in [-0.4, -0.2) is 18.1 Å². The number of rotatable bonds is 2. The van der Waals surface area contributed by atoms with Gasteiger partial charge in [0.15, 0.2) is 11.6 Å². The molecule has 0 amide bonds. The molecular weight excluding hydrogens is 237 g/mol. The molecule has 0 aliphatic heterocycles. The number of hydrogen-bond acceptors (Lipinski definition) is 3. The van der Waals surface area contributed by atoms with Gasteiger partial charge < -0.3 is 5.11 Å². The Balaban J connectivity index is 3.33. The lowest BCUT2D eigenvalue weighted by Crippen LogP contribution is -2.13. The van der Waals surface area contributed by atoms with Gasteiger partial charge in [-0.3, -0.25) is 4.55 Å². The molecule has 0 saturated heterocycles. The summed E-state index contributed by atoms with van der Waals surface area (Å²) in [5.41, 5.74) is -3.70. The van der Waals surface area contributed by atoms with Crippen molar-refractivity contribution in [2.75, 3.05) is 0 Å². The number of aliphatic hydroxyl groups excluding tert-OH is 1. The second-order valence-electron chi connectivity index (χ2n) is 2.66. The van der Waals surface area contributed by atoms with Gasteiger partial charge in [0.05, 0.1) is 0 Å². The minimum atomic E-state index is -4.98. The predicted molar refractivity (Wildman–Crippen MR) is 42.8 cm³/mol. The fourth-order valence-electron chi connectivity index (χ4n) is 0.888. The van der Waals surface area contributed by atoms with Crippen LogP contribution in [0.15, 0.2) is 12.1 Å². The van der Waals surface area contributed by atoms with Crippen LogP contribution in [0.2, 0.25) is 0 Å². The highest BCUT2D eigenvalue weighted by Crippen LogP contribution is 2.23. The summed E-state index contributed by atoms with van der Waals surface area (Å²) in [6, 6.07) is 0.224. The average Bonchev–Trinajstić information content (AvgIpc) is 2.08. The first-order valence-corrected chi connectivity index (χ1v) is 5.02. The average molecular weight is 242 g/mol. The normalized spacial score (nSPS) is 13.9. The van der Waals surface area contributed by atoms with Gasteiger partial charge in [-0.15, -0.1) is 0 Å². The molecule has 1 aromatic carbocycles. The molecule has 4 nitrogen and oxygen atoms in total. The molecule has 0 aliphatic rings. The van der Waals surface area contributed by atoms with E-state index in [1.165, 1.54) is 0 Å². The second kappa shape index (κ2) is 3.80. The van der Waals surface area contributed by atoms with E-state index in [4.69, 9.17) is 9.66 Å². The Labute approximate surface area is 82.7 Å². The van der Waals surface area contributed by atoms with E-state index in [2.05, 4.69) is 0 Å². The van der Waals surface area contributed by atoms with E-state index in [0.29, 0.717) is 0 Å². The Hall–Kier alpha value is -1.12. The number of benzene rings is 1. The summed E-state index contributed by atoms with van der Waals surface area (Å²) in [7, 11) is -4.98. The minimum Gasteiger partial charge on any atom is -0.371 e. The summed E-state index contributed by atoms with van der Waals surface area (Å²) in [5, 5.41) is 8.89. The van der Waals surface area contributed by atoms with Gasteiger partial charge in [0.2, 0.25) is 5.44 Å². The highest BCUT2D eigenvalue weighted by molar-refractivity contribution is 7.85. The summed E-state index contributed by atoms with van der Waals surface area (Å²) in [6.45, 7) is 0. The van der Waals surface area contributed by atoms with Crippen molar-refractivity contribution in [2.45, 2.75) is 5.44 Å². The van der Waals surface area contributed by atoms with Crippen molar-refractivity contribution in [3.05, 3.63) is 35.1 Å². The Morgan fingerprint density at radius 3 is 2.00 bits per heavy atom. The quantitative estimate of drug-likeness (QED) is 0.599. The molecule has 0 bridgehead atoms. The second-order valence-corrected chi connectivity index (χ2v) is 4.13. The van der Waals surface area contributed by atoms with Crippen LogP contribution in [0.3, 0.4) is 0 Å². The third-order valence-electron chi connectivity index (χ3n) is 1.59. The van der Waals surface area contributed by atoms with Gasteiger partial charge in [-0.25, -0.2) is 13.2 Å². The third-order valence-corrected chi connectivity index (χ3v) is 2.41. The highest BCUT2D eigenvalue weighted by atomic mass is 32.2. The molecule has 15 heavy (non-hydrogen) atoms. The molecule has 1 aromatic rings. The Morgan fingerprint density at radius 1 is 1.07 bits per heavy atom. The number of aliphatic hydroxyl groups is 1. The molecule has 0 aromatic heterocycles. The lowest BCUT2D eigenvalue weighted by molar-refractivity contribution is 0.232. The fourth-order valence-corrected chi connectivity index (χ4v) is 1.39. The lowest BCUT2D eigenvalue weighted by atomic mass is 10.2. The summed E-state index contributed by atoms with van der Waals surface area (Å²) in [5.74, 6) is -4.54. The maximum atomic E-state index is 12.9. The largest absolute Gasteiger partial charge is 0.371 e. The topological polar surface area (TPSA) is 74.6 Å². The van der Waals surface area contributed by atoms with Crippen LogP contribution >= 0.6 is 0 Å². The number of halogens is 3. The maximum Gasteiger partial charge on any atom is 0.296 e. The van der Waals surface area contributed by atoms with Crippen LogP contribution in [0.4, 0.5) is 13.2 Å². The Bertz CT molecular complexity index is 485. The van der Waals surface area contributed by atoms with Crippen molar-refractivity contribution in [3.8, 4) is 0 Å². The van der Waals surface area contributed by atoms with Gasteiger partial charge in [-0.05, 0) is 6.07 Å². The first-order chi connectivity index (χ1) is 6.73. The molecule has 1 rings (SSSR count). The van der Waals surface area contributed by atoms with Crippen molar-refractivity contribution in [1.29, 1.82) is 0 Å². The summed E-state index contributed by atoms with van der Waals surface area (Å²) in [6.07, 6.45) is 0. The van der Waals surface area contributed by atoms with E-state index in [0.717, 1.165) is 0 Å². The van der Waals surface area contributed by atoms with Crippen LogP contribution in [0.25, 0.3) is 0 Å². The van der Waals surface area contributed by atoms with Crippen molar-refractivity contribution in [2.24, 2.45) is 0 Å². The monoisotopic (exact) mass is 242 g/mol. The van der Waals surface area contributed by atoms with Crippen LogP contribution in [0, 0.1) is 17.5 Å². The smallest absolute Gasteiger partial charge is 0.296 e. The van der Waals surface area contributed by atoms with Crippen molar-refractivity contribution >= 4 is 10.1 Å². The van der Waals surface area contributed by atoms with Gasteiger partial charge in [-0.1, -0.05) is 0 Å². The predicted octanol–water partition coefficient (Wildman–Crippen LogP) is 0.983. The summed E-state index contributed by atoms with van der Waals surface area (Å²) >= 11 is 0. The zero-order valence-corrected chi connectivity index (χ0v) is 7.80. The van der Waals surface area contributed by atoms with Crippen LogP contribution in [0.1, 0.15) is 11.0 Å². The zero-order valence-electron chi connectivity index (χ0n) is 6.99. The van der Waals surface area contributed by atoms with Gasteiger partial charge in [0.1, 0.15) is 5.82 Å². The van der Waals surface area contributed by atoms with Crippen LogP contribution in [0.5, 0.6) is 0 Å². The van der Waals surface area contributed by atoms with E-state index in [1.807, 2.05) is 0 Å². The first kappa shape index (κ1) is 12.0. The SMILES string of the molecule is O=S(=O)(O)C(O)c1cc(F)c(F)cc1F. The van der Waals surface area contributed by atoms with E-state index in [-0.39, 0.29) is 12.1 Å². The van der Waals surface area contributed by atoms with Crippen LogP contribution < -0.4 is 0 Å². The maximum absolute atomic E-state index is 12.9. The third kappa shape index (κ3) is 2.46. The van der Waals surface area contributed by atoms with Crippen molar-refractivity contribution < 1.29 is 31.2 Å². The molecular formula is C7H5F3O4S. The number of hydrogen-bond donors (Lipinski definition) is 2. The fraction of sp³-hybridized carbons (Fsp3) is 0.143. The van der Waals surface area contributed by atoms with E-state index in [9.17, 15) is 21.6 Å². The van der Waals surface area contributed by atoms with Gasteiger partial charge >= 0.3 is 0 Å². The molecule has 1 unspecified atom stereocenters. The molecule has 0 fully saturated rings. The summed E-state index contributed by atoms with van der Waals surface area (Å²) < 4.78 is 67.0. The molecule has 0 aliphatic carbocycles. The Morgan fingerprint density at radius 2 is 1.53 bits per heavy atom. The van der Waals surface area contributed by atoms with E-state index in [1.54, 1.807) is 0 Å². The molecule has 8 heteroatoms. The van der Waals surface area contributed by atoms with Crippen molar-refractivity contribution in [1.82, 2.24) is 0 Å². The molecule has 2 N–H and O–H groups in total. The van der Waals surface area contributed by atoms with Crippen molar-refractivity contribution in [3.63, 3.8) is 0 Å². The molecule has 84 valence electrons. The lowest BCUT2D eigenvalue weighted by Gasteiger charge is -2.08. The molecule has 0 saturated carbocycles. The minimum absolute atomic E-state index is 0.0685. The molecule has 0 spiro atoms. The zero-order chi connectivity index (χ0) is 11.8. The van der Waals surface area contributed by atoms with E-state index < -0.39 is 38.6 Å². The summed E-state index contributed by atoms with van der Waals surface area (Å²) in [4.78, 5) is 0. The van der Waals surface area contributed by atoms with Gasteiger partial charge in [0.25, 0.3) is 10.1 Å². The standard InChI is InChI=1S/C7H5F3O4S/c8-4-2-6(10)5(9)1-3(4)7(11)15(12,13)14/h1-2,7,11H,(H,12,13,14). The van der Waals surface area contributed by atoms with E-state index >= 15 is 0 Å². The molecule has 1 atom stereocenters. The Kier molecular flexibility index (Phi) is 3.03. The molecule has 0 heterocycles. The highest BCUT2D eigenvalue weighted by Gasteiger charge is 2.26. The van der Waals surface area contributed by atoms with Gasteiger partial charge in [-0.2, -0.15) is 8.42 Å². The van der Waals surface area contributed by atoms with Gasteiger partial charge in [0, 0.05) is 11.6 Å². The van der Waals surface area contributed by atoms with Crippen LogP contribution in [-0.2, 0) is 10.1 Å².